The lowest BCUT2D eigenvalue weighted by atomic mass is 9.97. The Bertz CT molecular complexity index is 1060. The maximum absolute atomic E-state index is 12.5. The summed E-state index contributed by atoms with van der Waals surface area (Å²) in [5, 5.41) is 10.5. The Labute approximate surface area is 168 Å². The van der Waals surface area contributed by atoms with Crippen LogP contribution in [0.4, 0.5) is 0 Å². The average molecular weight is 396 g/mol. The molecule has 0 saturated carbocycles. The maximum atomic E-state index is 12.5. The highest BCUT2D eigenvalue weighted by atomic mass is 16.5. The molecular formula is C22H24N2O5. The standard InChI is InChI=1S/C22H24N2O5/c1-29-17-10-7-16(8-11-17)9-12-18(25)19-20(26)23-22(28)24(21(19)27)14-13-15-5-3-2-4-6-15/h5,7-12,27H,2-4,6,13-14H2,1H3,(H,23,26,28). The molecule has 0 spiro atoms. The zero-order valence-corrected chi connectivity index (χ0v) is 16.3. The van der Waals surface area contributed by atoms with Crippen molar-refractivity contribution in [1.82, 2.24) is 9.55 Å². The van der Waals surface area contributed by atoms with Crippen molar-refractivity contribution in [3.8, 4) is 11.6 Å². The molecule has 152 valence electrons. The third-order valence-electron chi connectivity index (χ3n) is 5.00. The van der Waals surface area contributed by atoms with Gasteiger partial charge in [0.15, 0.2) is 5.78 Å². The van der Waals surface area contributed by atoms with Crippen LogP contribution in [0.1, 0.15) is 48.0 Å². The first-order chi connectivity index (χ1) is 14.0. The lowest BCUT2D eigenvalue weighted by molar-refractivity contribution is 0.104. The molecule has 2 aromatic rings. The lowest BCUT2D eigenvalue weighted by Crippen LogP contribution is -2.33. The van der Waals surface area contributed by atoms with Gasteiger partial charge < -0.3 is 9.84 Å². The van der Waals surface area contributed by atoms with E-state index in [1.807, 2.05) is 0 Å². The molecule has 1 aromatic carbocycles. The summed E-state index contributed by atoms with van der Waals surface area (Å²) in [7, 11) is 1.56. The van der Waals surface area contributed by atoms with Crippen molar-refractivity contribution < 1.29 is 14.6 Å². The molecule has 1 aliphatic rings. The minimum Gasteiger partial charge on any atom is -0.497 e. The predicted octanol–water partition coefficient (Wildman–Crippen LogP) is 3.04. The van der Waals surface area contributed by atoms with Crippen molar-refractivity contribution in [2.75, 3.05) is 7.11 Å². The van der Waals surface area contributed by atoms with Crippen LogP contribution in [0, 0.1) is 0 Å². The fourth-order valence-corrected chi connectivity index (χ4v) is 3.35. The van der Waals surface area contributed by atoms with Crippen LogP contribution >= 0.6 is 0 Å². The van der Waals surface area contributed by atoms with Gasteiger partial charge in [0.1, 0.15) is 11.3 Å². The molecule has 0 atom stereocenters. The van der Waals surface area contributed by atoms with E-state index in [9.17, 15) is 19.5 Å². The van der Waals surface area contributed by atoms with Crippen molar-refractivity contribution >= 4 is 11.9 Å². The second-order valence-electron chi connectivity index (χ2n) is 6.94. The molecule has 7 heteroatoms. The van der Waals surface area contributed by atoms with E-state index in [0.717, 1.165) is 35.8 Å². The second kappa shape index (κ2) is 9.23. The van der Waals surface area contributed by atoms with E-state index in [1.54, 1.807) is 31.4 Å². The Morgan fingerprint density at radius 3 is 2.66 bits per heavy atom. The van der Waals surface area contributed by atoms with E-state index in [0.29, 0.717) is 12.2 Å². The van der Waals surface area contributed by atoms with Crippen LogP contribution in [0.3, 0.4) is 0 Å². The molecule has 0 fully saturated rings. The van der Waals surface area contributed by atoms with E-state index in [4.69, 9.17) is 4.74 Å². The van der Waals surface area contributed by atoms with Gasteiger partial charge in [-0.1, -0.05) is 29.9 Å². The molecule has 3 rings (SSSR count). The Kier molecular flexibility index (Phi) is 6.49. The van der Waals surface area contributed by atoms with Crippen LogP contribution in [-0.2, 0) is 6.54 Å². The number of hydrogen-bond acceptors (Lipinski definition) is 5. The van der Waals surface area contributed by atoms with Gasteiger partial charge in [0, 0.05) is 6.54 Å². The summed E-state index contributed by atoms with van der Waals surface area (Å²) >= 11 is 0. The number of ketones is 1. The van der Waals surface area contributed by atoms with Gasteiger partial charge >= 0.3 is 5.69 Å². The quantitative estimate of drug-likeness (QED) is 0.426. The summed E-state index contributed by atoms with van der Waals surface area (Å²) in [6.07, 6.45) is 9.73. The molecule has 0 aliphatic heterocycles. The monoisotopic (exact) mass is 396 g/mol. The molecule has 7 nitrogen and oxygen atoms in total. The molecule has 0 unspecified atom stereocenters. The van der Waals surface area contributed by atoms with Gasteiger partial charge in [-0.05, 0) is 55.9 Å². The average Bonchev–Trinajstić information content (AvgIpc) is 2.73. The summed E-state index contributed by atoms with van der Waals surface area (Å²) < 4.78 is 6.13. The number of methoxy groups -OCH3 is 1. The lowest BCUT2D eigenvalue weighted by Gasteiger charge is -2.14. The Morgan fingerprint density at radius 1 is 1.24 bits per heavy atom. The summed E-state index contributed by atoms with van der Waals surface area (Å²) in [6.45, 7) is 0.204. The topological polar surface area (TPSA) is 101 Å². The summed E-state index contributed by atoms with van der Waals surface area (Å²) in [4.78, 5) is 38.9. The minimum absolute atomic E-state index is 0.204. The molecule has 1 aromatic heterocycles. The molecule has 0 radical (unpaired) electrons. The van der Waals surface area contributed by atoms with Gasteiger partial charge in [-0.25, -0.2) is 4.79 Å². The highest BCUT2D eigenvalue weighted by Crippen LogP contribution is 2.21. The van der Waals surface area contributed by atoms with E-state index < -0.39 is 28.5 Å². The van der Waals surface area contributed by atoms with Crippen LogP contribution in [0.2, 0.25) is 0 Å². The van der Waals surface area contributed by atoms with Gasteiger partial charge in [0.05, 0.1) is 7.11 Å². The number of aromatic amines is 1. The number of nitrogens with zero attached hydrogens (tertiary/aromatic N) is 1. The van der Waals surface area contributed by atoms with Gasteiger partial charge in [0.2, 0.25) is 5.88 Å². The van der Waals surface area contributed by atoms with E-state index in [1.165, 1.54) is 17.7 Å². The van der Waals surface area contributed by atoms with E-state index in [2.05, 4.69) is 11.1 Å². The number of ether oxygens (including phenoxy) is 1. The number of aromatic hydroxyl groups is 1. The Hall–Kier alpha value is -3.35. The van der Waals surface area contributed by atoms with Crippen molar-refractivity contribution in [2.24, 2.45) is 0 Å². The highest BCUT2D eigenvalue weighted by Gasteiger charge is 2.19. The molecule has 2 N–H and O–H groups in total. The number of allylic oxidation sites excluding steroid dienone is 3. The number of nitrogens with one attached hydrogen (secondary N) is 1. The van der Waals surface area contributed by atoms with Crippen LogP contribution < -0.4 is 16.0 Å². The van der Waals surface area contributed by atoms with E-state index >= 15 is 0 Å². The van der Waals surface area contributed by atoms with Crippen LogP contribution in [0.5, 0.6) is 11.6 Å². The van der Waals surface area contributed by atoms with Gasteiger partial charge in [-0.3, -0.25) is 19.1 Å². The molecule has 29 heavy (non-hydrogen) atoms. The second-order valence-corrected chi connectivity index (χ2v) is 6.94. The number of aromatic nitrogens is 2. The smallest absolute Gasteiger partial charge is 0.331 e. The first-order valence-corrected chi connectivity index (χ1v) is 9.60. The van der Waals surface area contributed by atoms with E-state index in [-0.39, 0.29) is 6.54 Å². The molecule has 1 aliphatic carbocycles. The Balaban J connectivity index is 1.82. The molecule has 0 bridgehead atoms. The zero-order valence-electron chi connectivity index (χ0n) is 16.3. The molecule has 0 saturated heterocycles. The SMILES string of the molecule is COc1ccc(C=CC(=O)c2c(O)n(CCC3=CCCCC3)c(=O)[nH]c2=O)cc1. The molecular weight excluding hydrogens is 372 g/mol. The Morgan fingerprint density at radius 2 is 2.00 bits per heavy atom. The first-order valence-electron chi connectivity index (χ1n) is 9.60. The van der Waals surface area contributed by atoms with Crippen LogP contribution in [0.25, 0.3) is 6.08 Å². The van der Waals surface area contributed by atoms with Crippen LogP contribution in [0.15, 0.2) is 51.6 Å². The zero-order chi connectivity index (χ0) is 20.8. The van der Waals surface area contributed by atoms with Crippen molar-refractivity contribution in [2.45, 2.75) is 38.6 Å². The summed E-state index contributed by atoms with van der Waals surface area (Å²) in [5.74, 6) is -0.590. The predicted molar refractivity (Wildman–Crippen MR) is 111 cm³/mol. The first kappa shape index (κ1) is 20.4. The van der Waals surface area contributed by atoms with Crippen LogP contribution in [-0.4, -0.2) is 27.6 Å². The van der Waals surface area contributed by atoms with Crippen molar-refractivity contribution in [3.63, 3.8) is 0 Å². The molecule has 1 heterocycles. The molecule has 0 amide bonds. The fourth-order valence-electron chi connectivity index (χ4n) is 3.35. The third kappa shape index (κ3) is 4.93. The number of rotatable bonds is 7. The summed E-state index contributed by atoms with van der Waals surface area (Å²) in [5.41, 5.74) is -0.106. The third-order valence-corrected chi connectivity index (χ3v) is 5.00. The summed E-state index contributed by atoms with van der Waals surface area (Å²) in [6, 6.07) is 7.00. The highest BCUT2D eigenvalue weighted by molar-refractivity contribution is 6.08. The van der Waals surface area contributed by atoms with Gasteiger partial charge in [-0.2, -0.15) is 0 Å². The van der Waals surface area contributed by atoms with Crippen molar-refractivity contribution in [1.29, 1.82) is 0 Å². The maximum Gasteiger partial charge on any atom is 0.331 e. The number of benzene rings is 1. The fraction of sp³-hybridized carbons (Fsp3) is 0.318. The van der Waals surface area contributed by atoms with Crippen molar-refractivity contribution in [3.05, 3.63) is 74.0 Å². The number of hydrogen-bond donors (Lipinski definition) is 2. The van der Waals surface area contributed by atoms with Gasteiger partial charge in [-0.15, -0.1) is 0 Å². The number of carbonyl (C=O) groups excluding carboxylic acids is 1. The normalized spacial score (nSPS) is 14.0. The largest absolute Gasteiger partial charge is 0.497 e. The minimum atomic E-state index is -0.898. The number of carbonyl (C=O) groups is 1. The van der Waals surface area contributed by atoms with Gasteiger partial charge in [0.25, 0.3) is 5.56 Å². The number of H-pyrrole nitrogens is 1.